The molecule has 96 valence electrons. The molecule has 4 heteroatoms. The molecular formula is C14H17NO3. The topological polar surface area (TPSA) is 60.8 Å². The molecule has 1 aromatic carbocycles. The fourth-order valence-corrected chi connectivity index (χ4v) is 2.14. The van der Waals surface area contributed by atoms with E-state index in [0.29, 0.717) is 11.1 Å². The molecule has 4 nitrogen and oxygen atoms in total. The summed E-state index contributed by atoms with van der Waals surface area (Å²) in [5.74, 6) is -0.180. The van der Waals surface area contributed by atoms with Crippen LogP contribution in [0.3, 0.4) is 0 Å². The van der Waals surface area contributed by atoms with Gasteiger partial charge in [-0.05, 0) is 19.9 Å². The molecule has 1 aromatic rings. The van der Waals surface area contributed by atoms with Crippen LogP contribution in [0.5, 0.6) is 0 Å². The van der Waals surface area contributed by atoms with Crippen LogP contribution in [-0.2, 0) is 0 Å². The van der Waals surface area contributed by atoms with Gasteiger partial charge in [0.05, 0.1) is 12.1 Å². The molecular weight excluding hydrogens is 230 g/mol. The molecule has 2 rings (SSSR count). The smallest absolute Gasteiger partial charge is 0.257 e. The van der Waals surface area contributed by atoms with E-state index >= 15 is 0 Å². The number of rotatable bonds is 3. The lowest BCUT2D eigenvalue weighted by Crippen LogP contribution is -2.35. The molecule has 1 amide bonds. The molecule has 1 unspecified atom stereocenters. The van der Waals surface area contributed by atoms with Crippen LogP contribution in [0.1, 0.15) is 36.0 Å². The van der Waals surface area contributed by atoms with Crippen molar-refractivity contribution in [2.75, 3.05) is 0 Å². The van der Waals surface area contributed by atoms with Crippen molar-refractivity contribution in [1.29, 1.82) is 0 Å². The van der Waals surface area contributed by atoms with Gasteiger partial charge in [-0.25, -0.2) is 0 Å². The second kappa shape index (κ2) is 4.92. The van der Waals surface area contributed by atoms with E-state index in [-0.39, 0.29) is 11.9 Å². The molecule has 2 N–H and O–H groups in total. The standard InChI is InChI=1S/C14H17NO3/c1-9(7-8-10(2)16)15-13(17)11-5-3-4-6-12(11)14(15)18/h3-10,13,16-17H,1-2H3/b8-7-/t9-,10-,13?/m0/s1. The van der Waals surface area contributed by atoms with E-state index in [4.69, 9.17) is 0 Å². The van der Waals surface area contributed by atoms with Crippen LogP contribution in [-0.4, -0.2) is 33.2 Å². The Bertz CT molecular complexity index is 482. The molecule has 1 aliphatic rings. The van der Waals surface area contributed by atoms with E-state index < -0.39 is 12.3 Å². The molecule has 0 radical (unpaired) electrons. The van der Waals surface area contributed by atoms with Crippen LogP contribution < -0.4 is 0 Å². The average molecular weight is 247 g/mol. The quantitative estimate of drug-likeness (QED) is 0.795. The molecule has 0 aliphatic carbocycles. The number of aliphatic hydroxyl groups is 2. The third kappa shape index (κ3) is 2.17. The summed E-state index contributed by atoms with van der Waals surface area (Å²) >= 11 is 0. The van der Waals surface area contributed by atoms with E-state index in [1.807, 2.05) is 6.92 Å². The van der Waals surface area contributed by atoms with Gasteiger partial charge >= 0.3 is 0 Å². The van der Waals surface area contributed by atoms with E-state index in [0.717, 1.165) is 0 Å². The van der Waals surface area contributed by atoms with Crippen molar-refractivity contribution in [1.82, 2.24) is 4.90 Å². The summed E-state index contributed by atoms with van der Waals surface area (Å²) in [6.07, 6.45) is 1.85. The number of amides is 1. The van der Waals surface area contributed by atoms with E-state index in [1.165, 1.54) is 4.90 Å². The van der Waals surface area contributed by atoms with Gasteiger partial charge in [0, 0.05) is 11.1 Å². The fourth-order valence-electron chi connectivity index (χ4n) is 2.14. The van der Waals surface area contributed by atoms with Gasteiger partial charge in [0.25, 0.3) is 5.91 Å². The predicted octanol–water partition coefficient (Wildman–Crippen LogP) is 1.46. The maximum atomic E-state index is 12.2. The van der Waals surface area contributed by atoms with Crippen LogP contribution in [0.2, 0.25) is 0 Å². The predicted molar refractivity (Wildman–Crippen MR) is 67.9 cm³/mol. The second-order valence-corrected chi connectivity index (χ2v) is 4.54. The SMILES string of the molecule is C[C@H](O)/C=C\[C@H](C)N1C(=O)c2ccccc2C1O. The number of fused-ring (bicyclic) bond motifs is 1. The summed E-state index contributed by atoms with van der Waals surface area (Å²) in [5.41, 5.74) is 1.18. The molecule has 18 heavy (non-hydrogen) atoms. The first-order valence-corrected chi connectivity index (χ1v) is 5.98. The van der Waals surface area contributed by atoms with Crippen LogP contribution in [0.25, 0.3) is 0 Å². The van der Waals surface area contributed by atoms with Gasteiger partial charge in [-0.15, -0.1) is 0 Å². The van der Waals surface area contributed by atoms with Gasteiger partial charge in [-0.1, -0.05) is 30.4 Å². The number of benzene rings is 1. The minimum absolute atomic E-state index is 0.180. The third-order valence-electron chi connectivity index (χ3n) is 3.07. The number of carbonyl (C=O) groups excluding carboxylic acids is 1. The Morgan fingerprint density at radius 1 is 1.28 bits per heavy atom. The van der Waals surface area contributed by atoms with Gasteiger partial charge in [0.15, 0.2) is 6.23 Å². The highest BCUT2D eigenvalue weighted by Gasteiger charge is 2.37. The number of nitrogens with zero attached hydrogens (tertiary/aromatic N) is 1. The minimum Gasteiger partial charge on any atom is -0.389 e. The van der Waals surface area contributed by atoms with Crippen LogP contribution in [0.15, 0.2) is 36.4 Å². The van der Waals surface area contributed by atoms with E-state index in [2.05, 4.69) is 0 Å². The molecule has 1 heterocycles. The maximum Gasteiger partial charge on any atom is 0.257 e. The van der Waals surface area contributed by atoms with Gasteiger partial charge < -0.3 is 15.1 Å². The largest absolute Gasteiger partial charge is 0.389 e. The first-order valence-electron chi connectivity index (χ1n) is 5.98. The summed E-state index contributed by atoms with van der Waals surface area (Å²) in [4.78, 5) is 13.6. The van der Waals surface area contributed by atoms with E-state index in [9.17, 15) is 15.0 Å². The summed E-state index contributed by atoms with van der Waals surface area (Å²) in [5, 5.41) is 19.4. The summed E-state index contributed by atoms with van der Waals surface area (Å²) in [6.45, 7) is 3.45. The zero-order valence-corrected chi connectivity index (χ0v) is 10.4. The second-order valence-electron chi connectivity index (χ2n) is 4.54. The molecule has 3 atom stereocenters. The Balaban J connectivity index is 2.25. The van der Waals surface area contributed by atoms with Gasteiger partial charge in [0.2, 0.25) is 0 Å². The number of carbonyl (C=O) groups is 1. The van der Waals surface area contributed by atoms with Gasteiger partial charge in [-0.2, -0.15) is 0 Å². The lowest BCUT2D eigenvalue weighted by molar-refractivity contribution is 0.00832. The number of hydrogen-bond acceptors (Lipinski definition) is 3. The Labute approximate surface area is 106 Å². The maximum absolute atomic E-state index is 12.2. The molecule has 0 saturated carbocycles. The highest BCUT2D eigenvalue weighted by molar-refractivity contribution is 5.99. The first kappa shape index (κ1) is 12.8. The summed E-state index contributed by atoms with van der Waals surface area (Å²) in [7, 11) is 0. The lowest BCUT2D eigenvalue weighted by Gasteiger charge is -2.25. The summed E-state index contributed by atoms with van der Waals surface area (Å²) in [6, 6.07) is 6.78. The van der Waals surface area contributed by atoms with Crippen molar-refractivity contribution in [3.05, 3.63) is 47.5 Å². The van der Waals surface area contributed by atoms with Gasteiger partial charge in [0.1, 0.15) is 0 Å². The van der Waals surface area contributed by atoms with Crippen molar-refractivity contribution >= 4 is 5.91 Å². The van der Waals surface area contributed by atoms with Crippen LogP contribution in [0.4, 0.5) is 0 Å². The lowest BCUT2D eigenvalue weighted by atomic mass is 10.1. The average Bonchev–Trinajstić information content (AvgIpc) is 2.60. The van der Waals surface area contributed by atoms with Crippen LogP contribution >= 0.6 is 0 Å². The highest BCUT2D eigenvalue weighted by Crippen LogP contribution is 2.33. The molecule has 0 aromatic heterocycles. The number of hydrogen-bond donors (Lipinski definition) is 2. The van der Waals surface area contributed by atoms with Crippen molar-refractivity contribution < 1.29 is 15.0 Å². The van der Waals surface area contributed by atoms with Crippen molar-refractivity contribution in [2.24, 2.45) is 0 Å². The normalized spacial score (nSPS) is 22.3. The Hall–Kier alpha value is -1.65. The van der Waals surface area contributed by atoms with Crippen molar-refractivity contribution in [2.45, 2.75) is 32.2 Å². The zero-order valence-electron chi connectivity index (χ0n) is 10.4. The Morgan fingerprint density at radius 2 is 1.94 bits per heavy atom. The number of aliphatic hydroxyl groups excluding tert-OH is 2. The molecule has 0 bridgehead atoms. The Morgan fingerprint density at radius 3 is 2.56 bits per heavy atom. The third-order valence-corrected chi connectivity index (χ3v) is 3.07. The van der Waals surface area contributed by atoms with E-state index in [1.54, 1.807) is 43.3 Å². The zero-order chi connectivity index (χ0) is 13.3. The molecule has 0 fully saturated rings. The monoisotopic (exact) mass is 247 g/mol. The Kier molecular flexibility index (Phi) is 3.50. The minimum atomic E-state index is -0.914. The molecule has 0 spiro atoms. The summed E-state index contributed by atoms with van der Waals surface area (Å²) < 4.78 is 0. The molecule has 0 saturated heterocycles. The van der Waals surface area contributed by atoms with Crippen molar-refractivity contribution in [3.63, 3.8) is 0 Å². The fraction of sp³-hybridized carbons (Fsp3) is 0.357. The first-order chi connectivity index (χ1) is 8.52. The van der Waals surface area contributed by atoms with Crippen LogP contribution in [0, 0.1) is 0 Å². The molecule has 1 aliphatic heterocycles. The highest BCUT2D eigenvalue weighted by atomic mass is 16.3. The van der Waals surface area contributed by atoms with Crippen molar-refractivity contribution in [3.8, 4) is 0 Å². The van der Waals surface area contributed by atoms with Gasteiger partial charge in [-0.3, -0.25) is 4.79 Å².